The maximum Gasteiger partial charge on any atom is 0.307 e. The minimum atomic E-state index is -4.47. The molecule has 0 heterocycles. The van der Waals surface area contributed by atoms with Gasteiger partial charge in [-0.05, 0) is 25.0 Å². The van der Waals surface area contributed by atoms with Crippen molar-refractivity contribution < 1.29 is 27.7 Å². The molecule has 0 saturated heterocycles. The molecule has 1 aliphatic rings. The average molecular weight is 327 g/mol. The molecule has 1 saturated carbocycles. The fourth-order valence-corrected chi connectivity index (χ4v) is 3.41. The van der Waals surface area contributed by atoms with Crippen molar-refractivity contribution in [2.45, 2.75) is 30.6 Å². The zero-order chi connectivity index (χ0) is 16.3. The van der Waals surface area contributed by atoms with Gasteiger partial charge in [0.05, 0.1) is 17.5 Å². The van der Waals surface area contributed by atoms with Gasteiger partial charge >= 0.3 is 5.97 Å². The van der Waals surface area contributed by atoms with Gasteiger partial charge < -0.3 is 10.4 Å². The predicted octanol–water partition coefficient (Wildman–Crippen LogP) is 1.76. The zero-order valence-corrected chi connectivity index (χ0v) is 12.5. The summed E-state index contributed by atoms with van der Waals surface area (Å²) < 4.78 is 31.7. The Morgan fingerprint density at radius 3 is 2.27 bits per heavy atom. The summed E-state index contributed by atoms with van der Waals surface area (Å²) in [6.45, 7) is 0. The molecule has 0 spiro atoms. The summed E-state index contributed by atoms with van der Waals surface area (Å²) in [4.78, 5) is 23.1. The topological polar surface area (TPSA) is 121 Å². The second-order valence-electron chi connectivity index (χ2n) is 5.30. The molecular weight excluding hydrogens is 310 g/mol. The Hall–Kier alpha value is -1.93. The molecule has 1 aliphatic carbocycles. The molecule has 8 heteroatoms. The van der Waals surface area contributed by atoms with Gasteiger partial charge in [-0.3, -0.25) is 14.1 Å². The Balaban J connectivity index is 2.24. The minimum absolute atomic E-state index is 0.0512. The van der Waals surface area contributed by atoms with E-state index in [1.165, 1.54) is 24.3 Å². The number of carboxylic acids is 1. The molecule has 3 N–H and O–H groups in total. The summed E-state index contributed by atoms with van der Waals surface area (Å²) in [6, 6.07) is 5.44. The van der Waals surface area contributed by atoms with Gasteiger partial charge in [-0.1, -0.05) is 25.0 Å². The van der Waals surface area contributed by atoms with Gasteiger partial charge in [0.15, 0.2) is 0 Å². The van der Waals surface area contributed by atoms with Gasteiger partial charge in [-0.15, -0.1) is 0 Å². The second kappa shape index (κ2) is 6.45. The molecule has 0 bridgehead atoms. The number of aliphatic carboxylic acids is 1. The van der Waals surface area contributed by atoms with Crippen molar-refractivity contribution >= 4 is 27.7 Å². The molecule has 120 valence electrons. The lowest BCUT2D eigenvalue weighted by Gasteiger charge is -2.27. The summed E-state index contributed by atoms with van der Waals surface area (Å²) in [5.41, 5.74) is -0.0512. The van der Waals surface area contributed by atoms with Gasteiger partial charge in [0, 0.05) is 0 Å². The number of anilines is 1. The van der Waals surface area contributed by atoms with E-state index in [9.17, 15) is 23.1 Å². The molecule has 7 nitrogen and oxygen atoms in total. The quantitative estimate of drug-likeness (QED) is 0.725. The third-order valence-corrected chi connectivity index (χ3v) is 4.75. The van der Waals surface area contributed by atoms with Crippen LogP contribution in [-0.2, 0) is 19.7 Å². The Morgan fingerprint density at radius 1 is 1.09 bits per heavy atom. The minimum Gasteiger partial charge on any atom is -0.481 e. The van der Waals surface area contributed by atoms with E-state index in [0.29, 0.717) is 12.8 Å². The van der Waals surface area contributed by atoms with Crippen molar-refractivity contribution in [3.63, 3.8) is 0 Å². The van der Waals surface area contributed by atoms with E-state index in [2.05, 4.69) is 5.32 Å². The molecule has 2 rings (SSSR count). The van der Waals surface area contributed by atoms with E-state index in [-0.39, 0.29) is 5.69 Å². The van der Waals surface area contributed by atoms with Crippen LogP contribution >= 0.6 is 0 Å². The van der Waals surface area contributed by atoms with Crippen molar-refractivity contribution in [2.75, 3.05) is 5.32 Å². The summed E-state index contributed by atoms with van der Waals surface area (Å²) in [6.07, 6.45) is 2.37. The number of carbonyl (C=O) groups is 2. The van der Waals surface area contributed by atoms with Crippen molar-refractivity contribution in [2.24, 2.45) is 11.8 Å². The lowest BCUT2D eigenvalue weighted by atomic mass is 9.78. The number of hydrogen-bond donors (Lipinski definition) is 3. The Kier molecular flexibility index (Phi) is 4.82. The Labute approximate surface area is 128 Å². The van der Waals surface area contributed by atoms with Crippen LogP contribution in [0.5, 0.6) is 0 Å². The highest BCUT2D eigenvalue weighted by atomic mass is 32.2. The van der Waals surface area contributed by atoms with Crippen LogP contribution in [-0.4, -0.2) is 30.0 Å². The molecule has 2 atom stereocenters. The molecule has 0 aliphatic heterocycles. The first-order valence-corrected chi connectivity index (χ1v) is 8.35. The number of carbonyl (C=O) groups excluding carboxylic acids is 1. The lowest BCUT2D eigenvalue weighted by Crippen LogP contribution is -2.36. The summed E-state index contributed by atoms with van der Waals surface area (Å²) in [5.74, 6) is -3.04. The number of carboxylic acid groups (broad SMARTS) is 1. The fourth-order valence-electron chi connectivity index (χ4n) is 2.76. The van der Waals surface area contributed by atoms with E-state index in [0.717, 1.165) is 12.8 Å². The average Bonchev–Trinajstić information content (AvgIpc) is 2.46. The summed E-state index contributed by atoms with van der Waals surface area (Å²) >= 11 is 0. The molecule has 2 unspecified atom stereocenters. The SMILES string of the molecule is O=C(O)C1CCCCC1C(=O)Nc1ccccc1S(=O)(=O)O. The molecular formula is C14H17NO6S. The molecule has 22 heavy (non-hydrogen) atoms. The lowest BCUT2D eigenvalue weighted by molar-refractivity contribution is -0.147. The highest BCUT2D eigenvalue weighted by molar-refractivity contribution is 7.86. The standard InChI is InChI=1S/C14H17NO6S/c16-13(9-5-1-2-6-10(9)14(17)18)15-11-7-3-4-8-12(11)22(19,20)21/h3-4,7-10H,1-2,5-6H2,(H,15,16)(H,17,18)(H,19,20,21). The Morgan fingerprint density at radius 2 is 1.68 bits per heavy atom. The van der Waals surface area contributed by atoms with E-state index >= 15 is 0 Å². The van der Waals surface area contributed by atoms with Crippen LogP contribution in [0.2, 0.25) is 0 Å². The fraction of sp³-hybridized carbons (Fsp3) is 0.429. The maximum atomic E-state index is 12.3. The number of hydrogen-bond acceptors (Lipinski definition) is 4. The molecule has 0 aromatic heterocycles. The van der Waals surface area contributed by atoms with Crippen LogP contribution in [0, 0.1) is 11.8 Å². The summed E-state index contributed by atoms with van der Waals surface area (Å²) in [7, 11) is -4.47. The first-order chi connectivity index (χ1) is 10.3. The third kappa shape index (κ3) is 3.63. The van der Waals surface area contributed by atoms with Crippen LogP contribution in [0.4, 0.5) is 5.69 Å². The van der Waals surface area contributed by atoms with Crippen LogP contribution in [0.3, 0.4) is 0 Å². The number of benzene rings is 1. The first-order valence-electron chi connectivity index (χ1n) is 6.91. The van der Waals surface area contributed by atoms with Gasteiger partial charge in [0.25, 0.3) is 10.1 Å². The van der Waals surface area contributed by atoms with Gasteiger partial charge in [0.1, 0.15) is 4.90 Å². The highest BCUT2D eigenvalue weighted by Gasteiger charge is 2.36. The zero-order valence-electron chi connectivity index (χ0n) is 11.7. The Bertz CT molecular complexity index is 684. The highest BCUT2D eigenvalue weighted by Crippen LogP contribution is 2.32. The number of rotatable bonds is 4. The molecule has 1 aromatic carbocycles. The number of para-hydroxylation sites is 1. The van der Waals surface area contributed by atoms with Gasteiger partial charge in [-0.25, -0.2) is 0 Å². The van der Waals surface area contributed by atoms with Crippen molar-refractivity contribution in [1.29, 1.82) is 0 Å². The second-order valence-corrected chi connectivity index (χ2v) is 6.69. The maximum absolute atomic E-state index is 12.3. The molecule has 1 fully saturated rings. The van der Waals surface area contributed by atoms with Crippen LogP contribution < -0.4 is 5.32 Å². The van der Waals surface area contributed by atoms with Crippen LogP contribution in [0.25, 0.3) is 0 Å². The number of nitrogens with one attached hydrogen (secondary N) is 1. The molecule has 1 aromatic rings. The first kappa shape index (κ1) is 16.4. The van der Waals surface area contributed by atoms with Crippen molar-refractivity contribution in [3.05, 3.63) is 24.3 Å². The van der Waals surface area contributed by atoms with Crippen LogP contribution in [0.15, 0.2) is 29.2 Å². The van der Waals surface area contributed by atoms with Crippen molar-refractivity contribution in [1.82, 2.24) is 0 Å². The smallest absolute Gasteiger partial charge is 0.307 e. The normalized spacial score (nSPS) is 22.0. The van der Waals surface area contributed by atoms with Gasteiger partial charge in [-0.2, -0.15) is 8.42 Å². The van der Waals surface area contributed by atoms with E-state index in [1.807, 2.05) is 0 Å². The molecule has 1 amide bonds. The third-order valence-electron chi connectivity index (χ3n) is 3.84. The van der Waals surface area contributed by atoms with Crippen molar-refractivity contribution in [3.8, 4) is 0 Å². The van der Waals surface area contributed by atoms with E-state index in [1.54, 1.807) is 0 Å². The van der Waals surface area contributed by atoms with E-state index in [4.69, 9.17) is 4.55 Å². The monoisotopic (exact) mass is 327 g/mol. The summed E-state index contributed by atoms with van der Waals surface area (Å²) in [5, 5.41) is 11.6. The molecule has 0 radical (unpaired) electrons. The predicted molar refractivity (Wildman–Crippen MR) is 78.0 cm³/mol. The largest absolute Gasteiger partial charge is 0.481 e. The number of amides is 1. The van der Waals surface area contributed by atoms with E-state index < -0.39 is 38.7 Å². The van der Waals surface area contributed by atoms with Crippen LogP contribution in [0.1, 0.15) is 25.7 Å². The van der Waals surface area contributed by atoms with Gasteiger partial charge in [0.2, 0.25) is 5.91 Å².